The van der Waals surface area contributed by atoms with E-state index in [1.165, 1.54) is 12.1 Å². The number of nitrogens with zero attached hydrogens (tertiary/aromatic N) is 3. The number of pyridine rings is 2. The first-order valence-electron chi connectivity index (χ1n) is 10.8. The largest absolute Gasteiger partial charge is 0.396 e. The first-order valence-corrected chi connectivity index (χ1v) is 11.2. The standard InChI is InChI=1S/C25H28ClF2N5/c1-4-5-6-14-33(17(2)31-23-12-13-30-16-20(23)26)24-21(29)10-11-22(32-24)18-8-7-9-19(15-18)25(3,27)28/h7-13,15-16H,2,4-6,14,29H2,1,3H3,(H,30,31). The summed E-state index contributed by atoms with van der Waals surface area (Å²) in [6, 6.07) is 11.4. The number of hydrogen-bond donors (Lipinski definition) is 2. The molecule has 0 spiro atoms. The van der Waals surface area contributed by atoms with Gasteiger partial charge in [-0.1, -0.05) is 56.1 Å². The summed E-state index contributed by atoms with van der Waals surface area (Å²) in [6.07, 6.45) is 6.14. The van der Waals surface area contributed by atoms with Crippen LogP contribution in [0.5, 0.6) is 0 Å². The van der Waals surface area contributed by atoms with Gasteiger partial charge in [-0.3, -0.25) is 4.98 Å². The van der Waals surface area contributed by atoms with E-state index in [1.54, 1.807) is 42.7 Å². The predicted molar refractivity (Wildman–Crippen MR) is 133 cm³/mol. The van der Waals surface area contributed by atoms with Gasteiger partial charge in [-0.25, -0.2) is 13.8 Å². The number of nitrogen functional groups attached to an aromatic ring is 1. The van der Waals surface area contributed by atoms with Gasteiger partial charge in [0.2, 0.25) is 0 Å². The Balaban J connectivity index is 1.98. The van der Waals surface area contributed by atoms with Gasteiger partial charge in [-0.2, -0.15) is 0 Å². The molecule has 0 saturated heterocycles. The summed E-state index contributed by atoms with van der Waals surface area (Å²) in [5.74, 6) is -1.90. The SMILES string of the molecule is C=C(Nc1ccncc1Cl)N(CCCCC)c1nc(-c2cccc(C(C)(F)F)c2)ccc1N. The van der Waals surface area contributed by atoms with E-state index >= 15 is 0 Å². The van der Waals surface area contributed by atoms with Gasteiger partial charge >= 0.3 is 0 Å². The van der Waals surface area contributed by atoms with Crippen molar-refractivity contribution in [3.63, 3.8) is 0 Å². The van der Waals surface area contributed by atoms with E-state index in [2.05, 4.69) is 23.8 Å². The lowest BCUT2D eigenvalue weighted by atomic mass is 10.0. The van der Waals surface area contributed by atoms with Crippen molar-refractivity contribution in [1.82, 2.24) is 9.97 Å². The van der Waals surface area contributed by atoms with E-state index in [-0.39, 0.29) is 5.56 Å². The summed E-state index contributed by atoms with van der Waals surface area (Å²) in [4.78, 5) is 10.6. The molecule has 0 aliphatic rings. The second-order valence-electron chi connectivity index (χ2n) is 7.86. The number of alkyl halides is 2. The van der Waals surface area contributed by atoms with E-state index in [4.69, 9.17) is 22.3 Å². The first kappa shape index (κ1) is 24.5. The number of hydrogen-bond acceptors (Lipinski definition) is 5. The highest BCUT2D eigenvalue weighted by Crippen LogP contribution is 2.33. The lowest BCUT2D eigenvalue weighted by Gasteiger charge is -2.28. The molecule has 0 aliphatic heterocycles. The zero-order chi connectivity index (χ0) is 24.0. The molecule has 0 fully saturated rings. The molecule has 0 atom stereocenters. The van der Waals surface area contributed by atoms with Crippen LogP contribution >= 0.6 is 11.6 Å². The molecule has 5 nitrogen and oxygen atoms in total. The van der Waals surface area contributed by atoms with E-state index < -0.39 is 5.92 Å². The summed E-state index contributed by atoms with van der Waals surface area (Å²) >= 11 is 6.25. The van der Waals surface area contributed by atoms with Crippen LogP contribution in [0.15, 0.2) is 67.3 Å². The second-order valence-corrected chi connectivity index (χ2v) is 8.27. The Hall–Kier alpha value is -3.19. The highest BCUT2D eigenvalue weighted by Gasteiger charge is 2.25. The maximum atomic E-state index is 13.9. The van der Waals surface area contributed by atoms with E-state index in [9.17, 15) is 8.78 Å². The number of anilines is 3. The molecular weight excluding hydrogens is 444 g/mol. The lowest BCUT2D eigenvalue weighted by Crippen LogP contribution is -2.29. The van der Waals surface area contributed by atoms with Crippen LogP contribution in [0.2, 0.25) is 5.02 Å². The number of rotatable bonds is 10. The smallest absolute Gasteiger partial charge is 0.270 e. The topological polar surface area (TPSA) is 67.1 Å². The van der Waals surface area contributed by atoms with Gasteiger partial charge in [0.1, 0.15) is 5.82 Å². The molecular formula is C25H28ClF2N5. The van der Waals surface area contributed by atoms with Crippen LogP contribution in [0, 0.1) is 0 Å². The number of nitrogens with two attached hydrogens (primary N) is 1. The number of unbranched alkanes of at least 4 members (excludes halogenated alkanes) is 2. The lowest BCUT2D eigenvalue weighted by molar-refractivity contribution is 0.0175. The van der Waals surface area contributed by atoms with Crippen LogP contribution < -0.4 is 16.0 Å². The Morgan fingerprint density at radius 3 is 2.70 bits per heavy atom. The van der Waals surface area contributed by atoms with E-state index in [0.29, 0.717) is 45.8 Å². The minimum atomic E-state index is -2.94. The Bertz CT molecular complexity index is 1110. The summed E-state index contributed by atoms with van der Waals surface area (Å²) < 4.78 is 27.7. The van der Waals surface area contributed by atoms with Crippen molar-refractivity contribution in [3.8, 4) is 11.3 Å². The third kappa shape index (κ3) is 6.20. The third-order valence-corrected chi connectivity index (χ3v) is 5.49. The van der Waals surface area contributed by atoms with Crippen LogP contribution in [-0.4, -0.2) is 16.5 Å². The van der Waals surface area contributed by atoms with Crippen molar-refractivity contribution in [3.05, 3.63) is 77.8 Å². The van der Waals surface area contributed by atoms with Gasteiger partial charge < -0.3 is 16.0 Å². The first-order chi connectivity index (χ1) is 15.7. The average Bonchev–Trinajstić information content (AvgIpc) is 2.78. The molecule has 174 valence electrons. The van der Waals surface area contributed by atoms with Gasteiger partial charge in [0.25, 0.3) is 5.92 Å². The molecule has 8 heteroatoms. The molecule has 0 saturated carbocycles. The molecule has 0 radical (unpaired) electrons. The van der Waals surface area contributed by atoms with Crippen molar-refractivity contribution in [2.24, 2.45) is 0 Å². The predicted octanol–water partition coefficient (Wildman–Crippen LogP) is 7.07. The Morgan fingerprint density at radius 2 is 2.00 bits per heavy atom. The molecule has 0 unspecified atom stereocenters. The quantitative estimate of drug-likeness (QED) is 0.309. The molecule has 33 heavy (non-hydrogen) atoms. The van der Waals surface area contributed by atoms with Crippen LogP contribution in [0.1, 0.15) is 38.7 Å². The normalized spacial score (nSPS) is 11.3. The van der Waals surface area contributed by atoms with E-state index in [1.807, 2.05) is 4.90 Å². The molecule has 1 aromatic carbocycles. The van der Waals surface area contributed by atoms with Crippen LogP contribution in [0.3, 0.4) is 0 Å². The van der Waals surface area contributed by atoms with Crippen LogP contribution in [0.4, 0.5) is 26.0 Å². The third-order valence-electron chi connectivity index (χ3n) is 5.19. The number of aromatic nitrogens is 2. The monoisotopic (exact) mass is 471 g/mol. The maximum Gasteiger partial charge on any atom is 0.270 e. The van der Waals surface area contributed by atoms with E-state index in [0.717, 1.165) is 26.2 Å². The number of nitrogens with one attached hydrogen (secondary N) is 1. The Kier molecular flexibility index (Phi) is 7.87. The molecule has 2 aromatic heterocycles. The fourth-order valence-electron chi connectivity index (χ4n) is 3.38. The molecule has 3 aromatic rings. The highest BCUT2D eigenvalue weighted by atomic mass is 35.5. The summed E-state index contributed by atoms with van der Waals surface area (Å²) in [5.41, 5.74) is 8.47. The van der Waals surface area contributed by atoms with Crippen molar-refractivity contribution >= 4 is 28.8 Å². The maximum absolute atomic E-state index is 13.9. The van der Waals surface area contributed by atoms with Crippen molar-refractivity contribution in [1.29, 1.82) is 0 Å². The van der Waals surface area contributed by atoms with Crippen molar-refractivity contribution in [2.45, 2.75) is 39.0 Å². The minimum absolute atomic E-state index is 0.0709. The number of halogens is 3. The van der Waals surface area contributed by atoms with Crippen LogP contribution in [-0.2, 0) is 5.92 Å². The average molecular weight is 472 g/mol. The molecule has 0 amide bonds. The molecule has 3 rings (SSSR count). The fourth-order valence-corrected chi connectivity index (χ4v) is 3.54. The van der Waals surface area contributed by atoms with Gasteiger partial charge in [-0.15, -0.1) is 0 Å². The van der Waals surface area contributed by atoms with Crippen molar-refractivity contribution < 1.29 is 8.78 Å². The van der Waals surface area contributed by atoms with Gasteiger partial charge in [0, 0.05) is 37.0 Å². The van der Waals surface area contributed by atoms with Gasteiger partial charge in [0.15, 0.2) is 5.82 Å². The zero-order valence-electron chi connectivity index (χ0n) is 18.8. The Morgan fingerprint density at radius 1 is 1.21 bits per heavy atom. The summed E-state index contributed by atoms with van der Waals surface area (Å²) in [6.45, 7) is 7.80. The van der Waals surface area contributed by atoms with Crippen molar-refractivity contribution in [2.75, 3.05) is 22.5 Å². The molecule has 0 aliphatic carbocycles. The molecule has 0 bridgehead atoms. The fraction of sp³-hybridized carbons (Fsp3) is 0.280. The molecule has 3 N–H and O–H groups in total. The summed E-state index contributed by atoms with van der Waals surface area (Å²) in [7, 11) is 0. The zero-order valence-corrected chi connectivity index (χ0v) is 19.5. The van der Waals surface area contributed by atoms with Gasteiger partial charge in [-0.05, 0) is 30.7 Å². The molecule has 2 heterocycles. The summed E-state index contributed by atoms with van der Waals surface area (Å²) in [5, 5.41) is 3.67. The van der Waals surface area contributed by atoms with Crippen LogP contribution in [0.25, 0.3) is 11.3 Å². The Labute approximate surface area is 198 Å². The minimum Gasteiger partial charge on any atom is -0.396 e. The second kappa shape index (κ2) is 10.6. The van der Waals surface area contributed by atoms with Gasteiger partial charge in [0.05, 0.1) is 22.1 Å². The highest BCUT2D eigenvalue weighted by molar-refractivity contribution is 6.33. The number of benzene rings is 1.